The third kappa shape index (κ3) is 5.00. The van der Waals surface area contributed by atoms with Crippen molar-refractivity contribution in [2.45, 2.75) is 9.92 Å². The second-order valence-corrected chi connectivity index (χ2v) is 7.10. The Morgan fingerprint density at radius 1 is 0.793 bits per heavy atom. The summed E-state index contributed by atoms with van der Waals surface area (Å²) in [6.07, 6.45) is 5.03. The first-order chi connectivity index (χ1) is 14.3. The molecule has 0 aliphatic carbocycles. The molecule has 0 bridgehead atoms. The molecule has 2 heterocycles. The van der Waals surface area contributed by atoms with Crippen molar-refractivity contribution < 1.29 is 9.53 Å². The summed E-state index contributed by atoms with van der Waals surface area (Å²) in [5.74, 6) is 1.17. The lowest BCUT2D eigenvalue weighted by molar-refractivity contribution is 0.102. The number of amides is 1. The van der Waals surface area contributed by atoms with Gasteiger partial charge >= 0.3 is 0 Å². The number of carbonyl (C=O) groups excluding carboxylic acids is 1. The van der Waals surface area contributed by atoms with Gasteiger partial charge in [0.05, 0.1) is 5.56 Å². The molecule has 4 aromatic rings. The zero-order valence-electron chi connectivity index (χ0n) is 15.4. The molecule has 0 aliphatic rings. The number of hydrogen-bond acceptors (Lipinski definition) is 5. The number of aromatic nitrogens is 2. The van der Waals surface area contributed by atoms with E-state index in [0.717, 1.165) is 4.90 Å². The van der Waals surface area contributed by atoms with Crippen molar-refractivity contribution in [3.05, 3.63) is 103 Å². The molecule has 0 saturated carbocycles. The Kier molecular flexibility index (Phi) is 5.83. The van der Waals surface area contributed by atoms with Gasteiger partial charge in [0.25, 0.3) is 5.91 Å². The first-order valence-electron chi connectivity index (χ1n) is 8.95. The number of pyridine rings is 2. The fraction of sp³-hybridized carbons (Fsp3) is 0. The average molecular weight is 399 g/mol. The number of carbonyl (C=O) groups is 1. The standard InChI is InChI=1S/C23H17N3O2S/c27-22(21-7-4-14-25-23(21)29-20-5-2-1-3-6-20)26-17-8-10-18(11-9-17)28-19-12-15-24-16-13-19/h1-16H,(H,26,27). The number of ether oxygens (including phenoxy) is 1. The first kappa shape index (κ1) is 18.7. The highest BCUT2D eigenvalue weighted by atomic mass is 32.2. The summed E-state index contributed by atoms with van der Waals surface area (Å²) >= 11 is 1.46. The minimum absolute atomic E-state index is 0.209. The van der Waals surface area contributed by atoms with Gasteiger partial charge in [-0.15, -0.1) is 0 Å². The van der Waals surface area contributed by atoms with Crippen LogP contribution in [0.15, 0.2) is 107 Å². The van der Waals surface area contributed by atoms with Crippen molar-refractivity contribution in [3.63, 3.8) is 0 Å². The van der Waals surface area contributed by atoms with Crippen molar-refractivity contribution in [2.24, 2.45) is 0 Å². The maximum absolute atomic E-state index is 12.8. The third-order valence-corrected chi connectivity index (χ3v) is 5.00. The molecule has 1 amide bonds. The molecule has 0 fully saturated rings. The van der Waals surface area contributed by atoms with Crippen LogP contribution in [0.5, 0.6) is 11.5 Å². The van der Waals surface area contributed by atoms with Gasteiger partial charge in [0.1, 0.15) is 16.5 Å². The number of benzene rings is 2. The van der Waals surface area contributed by atoms with E-state index in [1.54, 1.807) is 67.1 Å². The van der Waals surface area contributed by atoms with Gasteiger partial charge in [-0.3, -0.25) is 9.78 Å². The van der Waals surface area contributed by atoms with Gasteiger partial charge in [-0.2, -0.15) is 0 Å². The van der Waals surface area contributed by atoms with Gasteiger partial charge in [-0.25, -0.2) is 4.98 Å². The second-order valence-electron chi connectivity index (χ2n) is 6.03. The fourth-order valence-corrected chi connectivity index (χ4v) is 3.49. The van der Waals surface area contributed by atoms with Gasteiger partial charge in [-0.1, -0.05) is 30.0 Å². The highest BCUT2D eigenvalue weighted by Crippen LogP contribution is 2.29. The summed E-state index contributed by atoms with van der Waals surface area (Å²) in [4.78, 5) is 22.2. The van der Waals surface area contributed by atoms with Gasteiger partial charge in [0.2, 0.25) is 0 Å². The number of hydrogen-bond donors (Lipinski definition) is 1. The molecule has 0 atom stereocenters. The normalized spacial score (nSPS) is 10.3. The predicted molar refractivity (Wildman–Crippen MR) is 114 cm³/mol. The molecule has 0 radical (unpaired) electrons. The number of anilines is 1. The molecule has 0 unspecified atom stereocenters. The number of nitrogens with zero attached hydrogens (tertiary/aromatic N) is 2. The van der Waals surface area contributed by atoms with Crippen molar-refractivity contribution in [2.75, 3.05) is 5.32 Å². The van der Waals surface area contributed by atoms with E-state index >= 15 is 0 Å². The van der Waals surface area contributed by atoms with Gasteiger partial charge in [-0.05, 0) is 60.7 Å². The number of rotatable bonds is 6. The summed E-state index contributed by atoms with van der Waals surface area (Å²) in [5.41, 5.74) is 1.20. The summed E-state index contributed by atoms with van der Waals surface area (Å²) in [6, 6.07) is 24.2. The van der Waals surface area contributed by atoms with E-state index in [9.17, 15) is 4.79 Å². The zero-order valence-corrected chi connectivity index (χ0v) is 16.2. The first-order valence-corrected chi connectivity index (χ1v) is 9.77. The second kappa shape index (κ2) is 9.03. The molecule has 2 aromatic carbocycles. The van der Waals surface area contributed by atoms with Crippen LogP contribution in [0.3, 0.4) is 0 Å². The topological polar surface area (TPSA) is 64.1 Å². The highest BCUT2D eigenvalue weighted by molar-refractivity contribution is 7.99. The molecule has 142 valence electrons. The Balaban J connectivity index is 1.46. The van der Waals surface area contributed by atoms with Crippen LogP contribution in [0.1, 0.15) is 10.4 Å². The van der Waals surface area contributed by atoms with Crippen LogP contribution in [0, 0.1) is 0 Å². The quantitative estimate of drug-likeness (QED) is 0.452. The molecule has 6 heteroatoms. The predicted octanol–water partition coefficient (Wildman–Crippen LogP) is 5.67. The lowest BCUT2D eigenvalue weighted by Gasteiger charge is -2.10. The van der Waals surface area contributed by atoms with Crippen LogP contribution in [0.25, 0.3) is 0 Å². The van der Waals surface area contributed by atoms with Gasteiger partial charge < -0.3 is 10.1 Å². The van der Waals surface area contributed by atoms with Crippen LogP contribution in [0.4, 0.5) is 5.69 Å². The van der Waals surface area contributed by atoms with E-state index in [-0.39, 0.29) is 5.91 Å². The summed E-state index contributed by atoms with van der Waals surface area (Å²) in [5, 5.41) is 3.58. The van der Waals surface area contributed by atoms with Crippen molar-refractivity contribution in [1.29, 1.82) is 0 Å². The van der Waals surface area contributed by atoms with Crippen molar-refractivity contribution in [3.8, 4) is 11.5 Å². The van der Waals surface area contributed by atoms with E-state index in [1.807, 2.05) is 30.3 Å². The maximum Gasteiger partial charge on any atom is 0.258 e. The molecular weight excluding hydrogens is 382 g/mol. The third-order valence-electron chi connectivity index (χ3n) is 3.97. The molecule has 29 heavy (non-hydrogen) atoms. The lowest BCUT2D eigenvalue weighted by atomic mass is 10.2. The SMILES string of the molecule is O=C(Nc1ccc(Oc2ccncc2)cc1)c1cccnc1Sc1ccccc1. The molecule has 2 aromatic heterocycles. The molecule has 1 N–H and O–H groups in total. The minimum Gasteiger partial charge on any atom is -0.457 e. The van der Waals surface area contributed by atoms with E-state index in [0.29, 0.717) is 27.8 Å². The van der Waals surface area contributed by atoms with E-state index in [2.05, 4.69) is 15.3 Å². The molecular formula is C23H17N3O2S. The highest BCUT2D eigenvalue weighted by Gasteiger charge is 2.14. The zero-order chi connectivity index (χ0) is 19.9. The Labute approximate surface area is 172 Å². The smallest absolute Gasteiger partial charge is 0.258 e. The van der Waals surface area contributed by atoms with Crippen LogP contribution in [0.2, 0.25) is 0 Å². The average Bonchev–Trinajstić information content (AvgIpc) is 2.77. The maximum atomic E-state index is 12.8. The van der Waals surface area contributed by atoms with Gasteiger partial charge in [0, 0.05) is 29.2 Å². The Bertz CT molecular complexity index is 1090. The Morgan fingerprint density at radius 2 is 1.52 bits per heavy atom. The van der Waals surface area contributed by atoms with Crippen LogP contribution in [-0.2, 0) is 0 Å². The van der Waals surface area contributed by atoms with Crippen LogP contribution in [-0.4, -0.2) is 15.9 Å². The molecule has 0 saturated heterocycles. The molecule has 0 spiro atoms. The Morgan fingerprint density at radius 3 is 2.28 bits per heavy atom. The van der Waals surface area contributed by atoms with Crippen molar-refractivity contribution in [1.82, 2.24) is 9.97 Å². The van der Waals surface area contributed by atoms with Gasteiger partial charge in [0.15, 0.2) is 0 Å². The minimum atomic E-state index is -0.209. The van der Waals surface area contributed by atoms with Crippen LogP contribution >= 0.6 is 11.8 Å². The Hall–Kier alpha value is -3.64. The molecule has 0 aliphatic heterocycles. The summed E-state index contributed by atoms with van der Waals surface area (Å²) < 4.78 is 5.74. The largest absolute Gasteiger partial charge is 0.457 e. The molecule has 4 rings (SSSR count). The summed E-state index contributed by atoms with van der Waals surface area (Å²) in [7, 11) is 0. The number of nitrogens with one attached hydrogen (secondary N) is 1. The fourth-order valence-electron chi connectivity index (χ4n) is 2.59. The van der Waals surface area contributed by atoms with E-state index in [1.165, 1.54) is 11.8 Å². The lowest BCUT2D eigenvalue weighted by Crippen LogP contribution is -2.13. The summed E-state index contributed by atoms with van der Waals surface area (Å²) in [6.45, 7) is 0. The van der Waals surface area contributed by atoms with E-state index in [4.69, 9.17) is 4.74 Å². The van der Waals surface area contributed by atoms with Crippen LogP contribution < -0.4 is 10.1 Å². The van der Waals surface area contributed by atoms with Crippen molar-refractivity contribution >= 4 is 23.4 Å². The van der Waals surface area contributed by atoms with E-state index < -0.39 is 0 Å². The molecule has 5 nitrogen and oxygen atoms in total. The monoisotopic (exact) mass is 399 g/mol.